The molecule has 0 aliphatic rings. The second-order valence-corrected chi connectivity index (χ2v) is 4.83. The molecule has 0 saturated carbocycles. The lowest BCUT2D eigenvalue weighted by Crippen LogP contribution is -2.33. The van der Waals surface area contributed by atoms with Crippen LogP contribution in [0.25, 0.3) is 0 Å². The topological polar surface area (TPSA) is 63.4 Å². The molecule has 0 aromatic heterocycles. The summed E-state index contributed by atoms with van der Waals surface area (Å²) in [5.41, 5.74) is 5.11. The van der Waals surface area contributed by atoms with E-state index in [1.165, 1.54) is 0 Å². The highest BCUT2D eigenvalue weighted by Crippen LogP contribution is 2.03. The standard InChI is InChI=1S/C6H14F2N2O2S/c1-10(5-6(7)8)13(11,12)4-2-3-9/h6H,2-5,9H2,1H3. The van der Waals surface area contributed by atoms with Gasteiger partial charge in [0.05, 0.1) is 12.3 Å². The van der Waals surface area contributed by atoms with Crippen molar-refractivity contribution in [3.8, 4) is 0 Å². The van der Waals surface area contributed by atoms with Crippen molar-refractivity contribution >= 4 is 10.0 Å². The SMILES string of the molecule is CN(CC(F)F)S(=O)(=O)CCCN. The summed E-state index contributed by atoms with van der Waals surface area (Å²) < 4.78 is 46.6. The van der Waals surface area contributed by atoms with E-state index in [0.29, 0.717) is 4.31 Å². The second kappa shape index (κ2) is 5.46. The number of rotatable bonds is 6. The molecule has 7 heteroatoms. The minimum absolute atomic E-state index is 0.174. The van der Waals surface area contributed by atoms with Crippen LogP contribution in [0.4, 0.5) is 8.78 Å². The van der Waals surface area contributed by atoms with Crippen LogP contribution in [-0.2, 0) is 10.0 Å². The molecular weight excluding hydrogens is 202 g/mol. The Morgan fingerprint density at radius 1 is 1.46 bits per heavy atom. The van der Waals surface area contributed by atoms with Crippen LogP contribution in [0.15, 0.2) is 0 Å². The monoisotopic (exact) mass is 216 g/mol. The Kier molecular flexibility index (Phi) is 5.34. The number of sulfonamides is 1. The molecule has 0 aliphatic heterocycles. The Labute approximate surface area is 76.8 Å². The Morgan fingerprint density at radius 3 is 2.38 bits per heavy atom. The number of nitrogens with two attached hydrogens (primary N) is 1. The summed E-state index contributed by atoms with van der Waals surface area (Å²) in [6, 6.07) is 0. The lowest BCUT2D eigenvalue weighted by Gasteiger charge is -2.15. The maximum atomic E-state index is 11.8. The molecule has 13 heavy (non-hydrogen) atoms. The predicted molar refractivity (Wildman–Crippen MR) is 46.1 cm³/mol. The smallest absolute Gasteiger partial charge is 0.252 e. The minimum Gasteiger partial charge on any atom is -0.330 e. The molecule has 0 radical (unpaired) electrons. The summed E-state index contributed by atoms with van der Waals surface area (Å²) >= 11 is 0. The number of hydrogen-bond acceptors (Lipinski definition) is 3. The van der Waals surface area contributed by atoms with Crippen molar-refractivity contribution in [3.63, 3.8) is 0 Å². The third kappa shape index (κ3) is 5.12. The van der Waals surface area contributed by atoms with Crippen LogP contribution in [0.3, 0.4) is 0 Å². The van der Waals surface area contributed by atoms with Crippen LogP contribution in [0, 0.1) is 0 Å². The van der Waals surface area contributed by atoms with Gasteiger partial charge in [0.2, 0.25) is 10.0 Å². The van der Waals surface area contributed by atoms with E-state index in [2.05, 4.69) is 0 Å². The van der Waals surface area contributed by atoms with Gasteiger partial charge in [-0.15, -0.1) is 0 Å². The first kappa shape index (κ1) is 12.7. The van der Waals surface area contributed by atoms with E-state index in [1.54, 1.807) is 0 Å². The molecule has 0 saturated heterocycles. The molecule has 0 spiro atoms. The van der Waals surface area contributed by atoms with Crippen LogP contribution in [-0.4, -0.2) is 45.0 Å². The van der Waals surface area contributed by atoms with Gasteiger partial charge in [-0.3, -0.25) is 0 Å². The van der Waals surface area contributed by atoms with Gasteiger partial charge in [-0.2, -0.15) is 4.31 Å². The Morgan fingerprint density at radius 2 is 2.00 bits per heavy atom. The first-order valence-electron chi connectivity index (χ1n) is 3.82. The fourth-order valence-corrected chi connectivity index (χ4v) is 1.91. The largest absolute Gasteiger partial charge is 0.330 e. The summed E-state index contributed by atoms with van der Waals surface area (Å²) in [5, 5.41) is 0. The average Bonchev–Trinajstić information content (AvgIpc) is 1.99. The predicted octanol–water partition coefficient (Wildman–Crippen LogP) is -0.138. The van der Waals surface area contributed by atoms with E-state index in [-0.39, 0.29) is 18.7 Å². The van der Waals surface area contributed by atoms with E-state index < -0.39 is 23.0 Å². The van der Waals surface area contributed by atoms with Crippen molar-refractivity contribution < 1.29 is 17.2 Å². The van der Waals surface area contributed by atoms with Gasteiger partial charge in [0.25, 0.3) is 6.43 Å². The summed E-state index contributed by atoms with van der Waals surface area (Å²) in [4.78, 5) is 0. The number of halogens is 2. The first-order valence-corrected chi connectivity index (χ1v) is 5.43. The molecule has 0 unspecified atom stereocenters. The number of hydrogen-bond donors (Lipinski definition) is 1. The van der Waals surface area contributed by atoms with Crippen molar-refractivity contribution in [2.75, 3.05) is 25.9 Å². The molecule has 0 atom stereocenters. The molecule has 0 amide bonds. The number of nitrogens with zero attached hydrogens (tertiary/aromatic N) is 1. The zero-order valence-electron chi connectivity index (χ0n) is 7.41. The zero-order valence-corrected chi connectivity index (χ0v) is 8.23. The third-order valence-corrected chi connectivity index (χ3v) is 3.38. The Balaban J connectivity index is 4.12. The maximum Gasteiger partial charge on any atom is 0.252 e. The number of alkyl halides is 2. The minimum atomic E-state index is -3.54. The second-order valence-electron chi connectivity index (χ2n) is 2.63. The van der Waals surface area contributed by atoms with E-state index in [4.69, 9.17) is 5.73 Å². The maximum absolute atomic E-state index is 11.8. The lowest BCUT2D eigenvalue weighted by atomic mass is 10.5. The molecule has 4 nitrogen and oxygen atoms in total. The highest BCUT2D eigenvalue weighted by molar-refractivity contribution is 7.89. The molecular formula is C6H14F2N2O2S. The average molecular weight is 216 g/mol. The molecule has 80 valence electrons. The van der Waals surface area contributed by atoms with E-state index in [0.717, 1.165) is 7.05 Å². The first-order chi connectivity index (χ1) is 5.90. The van der Waals surface area contributed by atoms with Crippen LogP contribution in [0.2, 0.25) is 0 Å². The Bertz CT molecular complexity index is 231. The Hall–Kier alpha value is -0.270. The van der Waals surface area contributed by atoms with Gasteiger partial charge < -0.3 is 5.73 Å². The van der Waals surface area contributed by atoms with Gasteiger partial charge in [0, 0.05) is 7.05 Å². The van der Waals surface area contributed by atoms with Crippen molar-refractivity contribution in [2.45, 2.75) is 12.8 Å². The third-order valence-electron chi connectivity index (χ3n) is 1.48. The summed E-state index contributed by atoms with van der Waals surface area (Å²) in [6.45, 7) is -0.519. The van der Waals surface area contributed by atoms with Crippen LogP contribution in [0.5, 0.6) is 0 Å². The molecule has 0 aromatic carbocycles. The van der Waals surface area contributed by atoms with Crippen molar-refractivity contribution in [2.24, 2.45) is 5.73 Å². The highest BCUT2D eigenvalue weighted by Gasteiger charge is 2.20. The van der Waals surface area contributed by atoms with Gasteiger partial charge in [0.15, 0.2) is 0 Å². The molecule has 0 fully saturated rings. The quantitative estimate of drug-likeness (QED) is 0.672. The van der Waals surface area contributed by atoms with Gasteiger partial charge in [-0.25, -0.2) is 17.2 Å². The molecule has 0 heterocycles. The van der Waals surface area contributed by atoms with Crippen LogP contribution < -0.4 is 5.73 Å². The van der Waals surface area contributed by atoms with Crippen LogP contribution in [0.1, 0.15) is 6.42 Å². The normalized spacial score (nSPS) is 12.8. The van der Waals surface area contributed by atoms with E-state index in [9.17, 15) is 17.2 Å². The summed E-state index contributed by atoms with van der Waals surface area (Å²) in [5.74, 6) is -0.174. The van der Waals surface area contributed by atoms with Crippen molar-refractivity contribution in [1.29, 1.82) is 0 Å². The molecule has 0 bridgehead atoms. The van der Waals surface area contributed by atoms with Gasteiger partial charge in [-0.1, -0.05) is 0 Å². The molecule has 0 rings (SSSR count). The molecule has 0 aromatic rings. The molecule has 0 aliphatic carbocycles. The summed E-state index contributed by atoms with van der Waals surface area (Å²) in [7, 11) is -2.41. The van der Waals surface area contributed by atoms with Crippen molar-refractivity contribution in [1.82, 2.24) is 4.31 Å². The van der Waals surface area contributed by atoms with Gasteiger partial charge in [-0.05, 0) is 13.0 Å². The highest BCUT2D eigenvalue weighted by atomic mass is 32.2. The molecule has 2 N–H and O–H groups in total. The van der Waals surface area contributed by atoms with E-state index in [1.807, 2.05) is 0 Å². The zero-order chi connectivity index (χ0) is 10.5. The summed E-state index contributed by atoms with van der Waals surface area (Å²) in [6.07, 6.45) is -2.35. The van der Waals surface area contributed by atoms with E-state index >= 15 is 0 Å². The van der Waals surface area contributed by atoms with Gasteiger partial charge >= 0.3 is 0 Å². The van der Waals surface area contributed by atoms with Gasteiger partial charge in [0.1, 0.15) is 0 Å². The fraction of sp³-hybridized carbons (Fsp3) is 1.00. The fourth-order valence-electron chi connectivity index (χ4n) is 0.729. The van der Waals surface area contributed by atoms with Crippen LogP contribution >= 0.6 is 0 Å². The lowest BCUT2D eigenvalue weighted by molar-refractivity contribution is 0.126. The van der Waals surface area contributed by atoms with Crippen molar-refractivity contribution in [3.05, 3.63) is 0 Å².